The number of aliphatic carboxylic acids is 1. The van der Waals surface area contributed by atoms with Gasteiger partial charge in [-0.05, 0) is 18.2 Å². The molecule has 6 heteroatoms. The molecule has 6 nitrogen and oxygen atoms in total. The second-order valence-corrected chi connectivity index (χ2v) is 4.03. The Morgan fingerprint density at radius 2 is 1.89 bits per heavy atom. The van der Waals surface area contributed by atoms with Crippen LogP contribution in [0.5, 0.6) is 0 Å². The molecule has 0 aromatic heterocycles. The summed E-state index contributed by atoms with van der Waals surface area (Å²) in [6.45, 7) is 0.123. The predicted octanol–water partition coefficient (Wildman–Crippen LogP) is 0.593. The van der Waals surface area contributed by atoms with E-state index in [1.807, 2.05) is 0 Å². The molecule has 0 spiro atoms. The van der Waals surface area contributed by atoms with Gasteiger partial charge in [0.05, 0.1) is 6.42 Å². The van der Waals surface area contributed by atoms with E-state index in [1.165, 1.54) is 25.1 Å². The van der Waals surface area contributed by atoms with Crippen LogP contribution in [0.25, 0.3) is 0 Å². The molecule has 0 heterocycles. The van der Waals surface area contributed by atoms with Crippen molar-refractivity contribution in [3.05, 3.63) is 35.4 Å². The minimum Gasteiger partial charge on any atom is -0.481 e. The minimum absolute atomic E-state index is 0.114. The van der Waals surface area contributed by atoms with Gasteiger partial charge in [0.25, 0.3) is 11.8 Å². The third-order valence-corrected chi connectivity index (χ3v) is 2.61. The molecular weight excluding hydrogens is 248 g/mol. The SMILES string of the molecule is CNC(=O)c1cccc(C(=O)N(C)CCC(=O)O)c1. The van der Waals surface area contributed by atoms with Gasteiger partial charge >= 0.3 is 5.97 Å². The van der Waals surface area contributed by atoms with Crippen molar-refractivity contribution in [1.82, 2.24) is 10.2 Å². The topological polar surface area (TPSA) is 86.7 Å². The van der Waals surface area contributed by atoms with Crippen LogP contribution in [0, 0.1) is 0 Å². The standard InChI is InChI=1S/C13H16N2O4/c1-14-12(18)9-4-3-5-10(8-9)13(19)15(2)7-6-11(16)17/h3-5,8H,6-7H2,1-2H3,(H,14,18)(H,16,17). The Morgan fingerprint density at radius 3 is 2.47 bits per heavy atom. The highest BCUT2D eigenvalue weighted by atomic mass is 16.4. The first kappa shape index (κ1) is 14.7. The first-order valence-corrected chi connectivity index (χ1v) is 5.75. The average molecular weight is 264 g/mol. The van der Waals surface area contributed by atoms with E-state index in [4.69, 9.17) is 5.11 Å². The van der Waals surface area contributed by atoms with Gasteiger partial charge in [0, 0.05) is 31.8 Å². The molecular formula is C13H16N2O4. The molecule has 1 aromatic carbocycles. The molecule has 0 aliphatic carbocycles. The van der Waals surface area contributed by atoms with Crippen molar-refractivity contribution in [2.24, 2.45) is 0 Å². The van der Waals surface area contributed by atoms with Crippen molar-refractivity contribution in [2.45, 2.75) is 6.42 Å². The van der Waals surface area contributed by atoms with Gasteiger partial charge in [0.1, 0.15) is 0 Å². The molecule has 1 rings (SSSR count). The van der Waals surface area contributed by atoms with E-state index in [0.717, 1.165) is 0 Å². The van der Waals surface area contributed by atoms with E-state index >= 15 is 0 Å². The Bertz CT molecular complexity index is 499. The van der Waals surface area contributed by atoms with E-state index in [2.05, 4.69) is 5.32 Å². The normalized spacial score (nSPS) is 9.79. The van der Waals surface area contributed by atoms with Gasteiger partial charge in [-0.1, -0.05) is 6.07 Å². The average Bonchev–Trinajstić information content (AvgIpc) is 2.43. The van der Waals surface area contributed by atoms with Crippen LogP contribution in [0.2, 0.25) is 0 Å². The van der Waals surface area contributed by atoms with Gasteiger partial charge in [-0.25, -0.2) is 0 Å². The van der Waals surface area contributed by atoms with Gasteiger partial charge in [-0.2, -0.15) is 0 Å². The predicted molar refractivity (Wildman–Crippen MR) is 69.0 cm³/mol. The number of carboxylic acid groups (broad SMARTS) is 1. The number of hydrogen-bond donors (Lipinski definition) is 2. The molecule has 19 heavy (non-hydrogen) atoms. The molecule has 0 saturated carbocycles. The number of benzene rings is 1. The number of carbonyl (C=O) groups is 3. The van der Waals surface area contributed by atoms with Crippen molar-refractivity contribution < 1.29 is 19.5 Å². The molecule has 0 aliphatic heterocycles. The van der Waals surface area contributed by atoms with Crippen LogP contribution in [0.15, 0.2) is 24.3 Å². The monoisotopic (exact) mass is 264 g/mol. The van der Waals surface area contributed by atoms with E-state index < -0.39 is 5.97 Å². The zero-order valence-corrected chi connectivity index (χ0v) is 10.8. The number of amides is 2. The fourth-order valence-electron chi connectivity index (χ4n) is 1.52. The lowest BCUT2D eigenvalue weighted by Crippen LogP contribution is -2.29. The van der Waals surface area contributed by atoms with Crippen LogP contribution in [-0.2, 0) is 4.79 Å². The van der Waals surface area contributed by atoms with Gasteiger partial charge in [0.15, 0.2) is 0 Å². The maximum Gasteiger partial charge on any atom is 0.305 e. The molecule has 0 atom stereocenters. The maximum absolute atomic E-state index is 12.0. The number of carboxylic acids is 1. The molecule has 0 radical (unpaired) electrons. The van der Waals surface area contributed by atoms with E-state index in [9.17, 15) is 14.4 Å². The highest BCUT2D eigenvalue weighted by Gasteiger charge is 2.14. The number of nitrogens with zero attached hydrogens (tertiary/aromatic N) is 1. The molecule has 0 bridgehead atoms. The first-order chi connectivity index (χ1) is 8.95. The van der Waals surface area contributed by atoms with Crippen molar-refractivity contribution in [3.63, 3.8) is 0 Å². The lowest BCUT2D eigenvalue weighted by molar-refractivity contribution is -0.137. The van der Waals surface area contributed by atoms with E-state index in [0.29, 0.717) is 11.1 Å². The largest absolute Gasteiger partial charge is 0.481 e. The summed E-state index contributed by atoms with van der Waals surface area (Å²) in [7, 11) is 3.04. The molecule has 0 aliphatic rings. The Hall–Kier alpha value is -2.37. The van der Waals surface area contributed by atoms with Gasteiger partial charge in [0.2, 0.25) is 0 Å². The van der Waals surface area contributed by atoms with Crippen molar-refractivity contribution in [2.75, 3.05) is 20.6 Å². The quantitative estimate of drug-likeness (QED) is 0.815. The highest BCUT2D eigenvalue weighted by molar-refractivity contribution is 5.99. The third-order valence-electron chi connectivity index (χ3n) is 2.61. The summed E-state index contributed by atoms with van der Waals surface area (Å²) in [5.74, 6) is -1.55. The van der Waals surface area contributed by atoms with Crippen LogP contribution < -0.4 is 5.32 Å². The number of carbonyl (C=O) groups excluding carboxylic acids is 2. The van der Waals surface area contributed by atoms with Gasteiger partial charge < -0.3 is 15.3 Å². The minimum atomic E-state index is -0.959. The fraction of sp³-hybridized carbons (Fsp3) is 0.308. The first-order valence-electron chi connectivity index (χ1n) is 5.75. The molecule has 0 saturated heterocycles. The Labute approximate surface area is 111 Å². The smallest absolute Gasteiger partial charge is 0.305 e. The van der Waals surface area contributed by atoms with Crippen molar-refractivity contribution in [1.29, 1.82) is 0 Å². The van der Waals surface area contributed by atoms with Gasteiger partial charge in [-0.3, -0.25) is 14.4 Å². The van der Waals surface area contributed by atoms with Gasteiger partial charge in [-0.15, -0.1) is 0 Å². The molecule has 0 unspecified atom stereocenters. The fourth-order valence-corrected chi connectivity index (χ4v) is 1.52. The maximum atomic E-state index is 12.0. The van der Waals surface area contributed by atoms with Crippen LogP contribution in [0.4, 0.5) is 0 Å². The van der Waals surface area contributed by atoms with Crippen LogP contribution in [0.3, 0.4) is 0 Å². The van der Waals surface area contributed by atoms with Crippen LogP contribution in [-0.4, -0.2) is 48.4 Å². The summed E-state index contributed by atoms with van der Waals surface area (Å²) < 4.78 is 0. The second-order valence-electron chi connectivity index (χ2n) is 4.03. The summed E-state index contributed by atoms with van der Waals surface area (Å²) in [5.41, 5.74) is 0.744. The van der Waals surface area contributed by atoms with Crippen LogP contribution >= 0.6 is 0 Å². The number of nitrogens with one attached hydrogen (secondary N) is 1. The third kappa shape index (κ3) is 4.09. The van der Waals surface area contributed by atoms with E-state index in [1.54, 1.807) is 18.2 Å². The molecule has 2 N–H and O–H groups in total. The number of hydrogen-bond acceptors (Lipinski definition) is 3. The summed E-state index contributed by atoms with van der Waals surface area (Å²) in [6, 6.07) is 6.29. The molecule has 0 fully saturated rings. The molecule has 102 valence electrons. The van der Waals surface area contributed by atoms with Crippen molar-refractivity contribution in [3.8, 4) is 0 Å². The second kappa shape index (κ2) is 6.53. The summed E-state index contributed by atoms with van der Waals surface area (Å²) in [4.78, 5) is 35.3. The number of rotatable bonds is 5. The summed E-state index contributed by atoms with van der Waals surface area (Å²) >= 11 is 0. The Balaban J connectivity index is 2.81. The zero-order chi connectivity index (χ0) is 14.4. The van der Waals surface area contributed by atoms with Crippen molar-refractivity contribution >= 4 is 17.8 Å². The Morgan fingerprint density at radius 1 is 1.26 bits per heavy atom. The Kier molecular flexibility index (Phi) is 5.05. The lowest BCUT2D eigenvalue weighted by atomic mass is 10.1. The lowest BCUT2D eigenvalue weighted by Gasteiger charge is -2.16. The summed E-state index contributed by atoms with van der Waals surface area (Å²) in [6.07, 6.45) is -0.114. The van der Waals surface area contributed by atoms with Crippen LogP contribution in [0.1, 0.15) is 27.1 Å². The molecule has 2 amide bonds. The molecule has 1 aromatic rings. The highest BCUT2D eigenvalue weighted by Crippen LogP contribution is 2.08. The summed E-state index contributed by atoms with van der Waals surface area (Å²) in [5, 5.41) is 11.0. The zero-order valence-electron chi connectivity index (χ0n) is 10.8. The van der Waals surface area contributed by atoms with E-state index in [-0.39, 0.29) is 24.8 Å².